The van der Waals surface area contributed by atoms with Crippen molar-refractivity contribution in [2.45, 2.75) is 26.2 Å². The van der Waals surface area contributed by atoms with Crippen molar-refractivity contribution in [2.24, 2.45) is 0 Å². The highest BCUT2D eigenvalue weighted by atomic mass is 79.9. The van der Waals surface area contributed by atoms with Gasteiger partial charge in [0.15, 0.2) is 0 Å². The summed E-state index contributed by atoms with van der Waals surface area (Å²) in [4.78, 5) is 22.8. The maximum absolute atomic E-state index is 13.8. The van der Waals surface area contributed by atoms with Crippen LogP contribution in [0, 0.1) is 5.82 Å². The molecule has 1 aromatic heterocycles. The fraction of sp³-hybridized carbons (Fsp3) is 0.267. The largest absolute Gasteiger partial charge is 0.368 e. The molecule has 0 N–H and O–H groups in total. The van der Waals surface area contributed by atoms with E-state index in [0.29, 0.717) is 31.7 Å². The van der Waals surface area contributed by atoms with E-state index >= 15 is 0 Å². The minimum atomic E-state index is -0.243. The zero-order chi connectivity index (χ0) is 25.4. The van der Waals surface area contributed by atoms with E-state index in [9.17, 15) is 9.18 Å². The number of carbonyl (C=O) groups is 1. The number of piperazine rings is 1. The SMILES string of the molecule is CC(C)(C)c1ccc(-c2cc(C(=O)N3CCN(c4ccc(F)cc4)CC3)c3cc(Br)ccc3n2)cc1. The lowest BCUT2D eigenvalue weighted by Crippen LogP contribution is -2.48. The minimum Gasteiger partial charge on any atom is -0.368 e. The molecule has 0 aliphatic carbocycles. The smallest absolute Gasteiger partial charge is 0.254 e. The van der Waals surface area contributed by atoms with Crippen LogP contribution in [0.25, 0.3) is 22.2 Å². The summed E-state index contributed by atoms with van der Waals surface area (Å²) in [5.74, 6) is -0.237. The van der Waals surface area contributed by atoms with Gasteiger partial charge in [-0.1, -0.05) is 61.0 Å². The molecule has 4 nitrogen and oxygen atoms in total. The number of amides is 1. The first-order valence-corrected chi connectivity index (χ1v) is 13.0. The van der Waals surface area contributed by atoms with Crippen molar-refractivity contribution in [1.82, 2.24) is 9.88 Å². The standard InChI is InChI=1S/C30H29BrFN3O/c1-30(2,3)21-6-4-20(5-7-21)28-19-26(25-18-22(31)8-13-27(25)33-28)29(36)35-16-14-34(15-17-35)24-11-9-23(32)10-12-24/h4-13,18-19H,14-17H2,1-3H3. The summed E-state index contributed by atoms with van der Waals surface area (Å²) >= 11 is 3.55. The van der Waals surface area contributed by atoms with Crippen LogP contribution in [-0.4, -0.2) is 42.0 Å². The van der Waals surface area contributed by atoms with Crippen LogP contribution in [0.3, 0.4) is 0 Å². The highest BCUT2D eigenvalue weighted by Gasteiger charge is 2.25. The predicted octanol–water partition coefficient (Wildman–Crippen LogP) is 7.06. The first-order valence-electron chi connectivity index (χ1n) is 12.2. The third kappa shape index (κ3) is 5.00. The maximum atomic E-state index is 13.8. The van der Waals surface area contributed by atoms with E-state index in [0.717, 1.165) is 32.3 Å². The highest BCUT2D eigenvalue weighted by Crippen LogP contribution is 2.30. The van der Waals surface area contributed by atoms with Gasteiger partial charge < -0.3 is 9.80 Å². The zero-order valence-corrected chi connectivity index (χ0v) is 22.3. The number of halogens is 2. The number of hydrogen-bond acceptors (Lipinski definition) is 3. The van der Waals surface area contributed by atoms with Gasteiger partial charge in [0.25, 0.3) is 5.91 Å². The molecule has 36 heavy (non-hydrogen) atoms. The summed E-state index contributed by atoms with van der Waals surface area (Å²) in [7, 11) is 0. The monoisotopic (exact) mass is 545 g/mol. The van der Waals surface area contributed by atoms with Crippen molar-refractivity contribution < 1.29 is 9.18 Å². The van der Waals surface area contributed by atoms with Crippen molar-refractivity contribution in [3.8, 4) is 11.3 Å². The number of nitrogens with zero attached hydrogens (tertiary/aromatic N) is 3. The third-order valence-corrected chi connectivity index (χ3v) is 7.30. The topological polar surface area (TPSA) is 36.4 Å². The number of hydrogen-bond donors (Lipinski definition) is 0. The molecule has 184 valence electrons. The van der Waals surface area contributed by atoms with Crippen molar-refractivity contribution in [1.29, 1.82) is 0 Å². The number of benzene rings is 3. The molecule has 6 heteroatoms. The summed E-state index contributed by atoms with van der Waals surface area (Å²) in [6, 6.07) is 22.8. The van der Waals surface area contributed by atoms with Crippen LogP contribution in [0.1, 0.15) is 36.7 Å². The van der Waals surface area contributed by atoms with Gasteiger partial charge in [0.1, 0.15) is 5.82 Å². The van der Waals surface area contributed by atoms with Crippen LogP contribution in [0.5, 0.6) is 0 Å². The molecule has 0 radical (unpaired) electrons. The molecule has 2 heterocycles. The molecular formula is C30H29BrFN3O. The lowest BCUT2D eigenvalue weighted by molar-refractivity contribution is 0.0748. The van der Waals surface area contributed by atoms with Gasteiger partial charge in [-0.25, -0.2) is 9.37 Å². The third-order valence-electron chi connectivity index (χ3n) is 6.81. The fourth-order valence-corrected chi connectivity index (χ4v) is 5.01. The maximum Gasteiger partial charge on any atom is 0.254 e. The second-order valence-corrected chi connectivity index (χ2v) is 11.2. The molecule has 1 fully saturated rings. The highest BCUT2D eigenvalue weighted by molar-refractivity contribution is 9.10. The first-order chi connectivity index (χ1) is 17.2. The van der Waals surface area contributed by atoms with Gasteiger partial charge in [-0.15, -0.1) is 0 Å². The number of pyridine rings is 1. The Kier molecular flexibility index (Phi) is 6.56. The van der Waals surface area contributed by atoms with E-state index in [4.69, 9.17) is 4.98 Å². The number of aromatic nitrogens is 1. The molecule has 0 bridgehead atoms. The molecule has 0 atom stereocenters. The molecule has 5 rings (SSSR count). The van der Waals surface area contributed by atoms with Crippen LogP contribution < -0.4 is 4.90 Å². The van der Waals surface area contributed by atoms with Gasteiger partial charge in [-0.05, 0) is 59.5 Å². The fourth-order valence-electron chi connectivity index (χ4n) is 4.65. The first kappa shape index (κ1) is 24.4. The number of carbonyl (C=O) groups excluding carboxylic acids is 1. The van der Waals surface area contributed by atoms with Crippen LogP contribution in [-0.2, 0) is 5.41 Å². The van der Waals surface area contributed by atoms with Crippen molar-refractivity contribution in [3.05, 3.63) is 94.2 Å². The van der Waals surface area contributed by atoms with Gasteiger partial charge in [0.05, 0.1) is 16.8 Å². The van der Waals surface area contributed by atoms with Gasteiger partial charge in [0.2, 0.25) is 0 Å². The van der Waals surface area contributed by atoms with E-state index in [-0.39, 0.29) is 17.1 Å². The van der Waals surface area contributed by atoms with Crippen LogP contribution >= 0.6 is 15.9 Å². The molecule has 4 aromatic rings. The van der Waals surface area contributed by atoms with Crippen LogP contribution in [0.2, 0.25) is 0 Å². The Labute approximate surface area is 219 Å². The Bertz CT molecular complexity index is 1400. The molecule has 1 saturated heterocycles. The number of anilines is 1. The van der Waals surface area contributed by atoms with Crippen molar-refractivity contribution in [2.75, 3.05) is 31.1 Å². The summed E-state index contributed by atoms with van der Waals surface area (Å²) in [6.07, 6.45) is 0. The van der Waals surface area contributed by atoms with Crippen molar-refractivity contribution in [3.63, 3.8) is 0 Å². The van der Waals surface area contributed by atoms with E-state index in [1.54, 1.807) is 12.1 Å². The Hall–Kier alpha value is -3.25. The Morgan fingerprint density at radius 3 is 2.19 bits per heavy atom. The van der Waals surface area contributed by atoms with Crippen LogP contribution in [0.15, 0.2) is 77.3 Å². The molecule has 3 aromatic carbocycles. The molecule has 0 saturated carbocycles. The van der Waals surface area contributed by atoms with Gasteiger partial charge in [-0.2, -0.15) is 0 Å². The Morgan fingerprint density at radius 1 is 0.889 bits per heavy atom. The average molecular weight is 546 g/mol. The van der Waals surface area contributed by atoms with E-state index < -0.39 is 0 Å². The molecule has 1 aliphatic rings. The summed E-state index contributed by atoms with van der Waals surface area (Å²) in [5.41, 5.74) is 5.53. The molecule has 0 spiro atoms. The van der Waals surface area contributed by atoms with Crippen molar-refractivity contribution >= 4 is 38.4 Å². The number of fused-ring (bicyclic) bond motifs is 1. The summed E-state index contributed by atoms with van der Waals surface area (Å²) < 4.78 is 14.2. The lowest BCUT2D eigenvalue weighted by Gasteiger charge is -2.36. The lowest BCUT2D eigenvalue weighted by atomic mass is 9.86. The molecule has 1 aliphatic heterocycles. The summed E-state index contributed by atoms with van der Waals surface area (Å²) in [6.45, 7) is 9.19. The quantitative estimate of drug-likeness (QED) is 0.276. The zero-order valence-electron chi connectivity index (χ0n) is 20.8. The Balaban J connectivity index is 1.45. The Morgan fingerprint density at radius 2 is 1.56 bits per heavy atom. The number of rotatable bonds is 3. The predicted molar refractivity (Wildman–Crippen MR) is 148 cm³/mol. The van der Waals surface area contributed by atoms with Gasteiger partial charge in [-0.3, -0.25) is 4.79 Å². The molecular weight excluding hydrogens is 517 g/mol. The summed E-state index contributed by atoms with van der Waals surface area (Å²) in [5, 5.41) is 0.838. The van der Waals surface area contributed by atoms with Crippen LogP contribution in [0.4, 0.5) is 10.1 Å². The normalized spacial score (nSPS) is 14.4. The van der Waals surface area contributed by atoms with E-state index in [1.165, 1.54) is 17.7 Å². The second-order valence-electron chi connectivity index (χ2n) is 10.3. The van der Waals surface area contributed by atoms with Gasteiger partial charge in [0, 0.05) is 47.3 Å². The molecule has 0 unspecified atom stereocenters. The average Bonchev–Trinajstić information content (AvgIpc) is 2.88. The van der Waals surface area contributed by atoms with E-state index in [2.05, 4.69) is 65.9 Å². The minimum absolute atomic E-state index is 0.00631. The molecule has 1 amide bonds. The second kappa shape index (κ2) is 9.66. The van der Waals surface area contributed by atoms with E-state index in [1.807, 2.05) is 29.2 Å². The van der Waals surface area contributed by atoms with Gasteiger partial charge >= 0.3 is 0 Å².